The molecule has 6 heteroatoms. The average Bonchev–Trinajstić information content (AvgIpc) is 2.64. The molecule has 0 heterocycles. The van der Waals surface area contributed by atoms with Crippen LogP contribution in [0.4, 0.5) is 9.59 Å². The number of carbonyl (C=O) groups is 2. The van der Waals surface area contributed by atoms with Crippen molar-refractivity contribution in [1.82, 2.24) is 0 Å². The Morgan fingerprint density at radius 2 is 1.03 bits per heavy atom. The summed E-state index contributed by atoms with van der Waals surface area (Å²) in [6, 6.07) is 11.1. The van der Waals surface area contributed by atoms with Crippen LogP contribution in [-0.4, -0.2) is 24.5 Å². The van der Waals surface area contributed by atoms with Gasteiger partial charge in [-0.2, -0.15) is 0 Å². The number of aryl methyl sites for hydroxylation is 2. The smallest absolute Gasteiger partial charge is 0.431 e. The molecule has 3 aromatic carbocycles. The number of rotatable bonds is 4. The summed E-state index contributed by atoms with van der Waals surface area (Å²) in [5, 5.41) is 2.54. The van der Waals surface area contributed by atoms with E-state index in [1.165, 1.54) is 0 Å². The minimum Gasteiger partial charge on any atom is -0.431 e. The molecule has 0 aliphatic rings. The van der Waals surface area contributed by atoms with Gasteiger partial charge in [0.1, 0.15) is 11.5 Å². The molecule has 0 spiro atoms. The Kier molecular flexibility index (Phi) is 6.15. The van der Waals surface area contributed by atoms with E-state index >= 15 is 0 Å². The van der Waals surface area contributed by atoms with Crippen LogP contribution in [0.15, 0.2) is 36.4 Å². The Morgan fingerprint density at radius 1 is 0.667 bits per heavy atom. The zero-order valence-electron chi connectivity index (χ0n) is 18.1. The van der Waals surface area contributed by atoms with Crippen LogP contribution in [0.25, 0.3) is 21.5 Å². The Bertz CT molecular complexity index is 1030. The molecule has 0 atom stereocenters. The topological polar surface area (TPSA) is 71.1 Å². The molecule has 3 rings (SSSR count). The second-order valence-electron chi connectivity index (χ2n) is 7.72. The normalized spacial score (nSPS) is 11.2. The van der Waals surface area contributed by atoms with Crippen LogP contribution < -0.4 is 9.47 Å². The summed E-state index contributed by atoms with van der Waals surface area (Å²) in [5.41, 5.74) is 2.02. The molecular formula is C24H26O6. The molecule has 0 amide bonds. The van der Waals surface area contributed by atoms with Gasteiger partial charge in [-0.05, 0) is 64.8 Å². The second kappa shape index (κ2) is 8.61. The van der Waals surface area contributed by atoms with Gasteiger partial charge in [-0.3, -0.25) is 0 Å². The summed E-state index contributed by atoms with van der Waals surface area (Å²) >= 11 is 0. The quantitative estimate of drug-likeness (QED) is 0.279. The molecule has 0 unspecified atom stereocenters. The predicted octanol–water partition coefficient (Wildman–Crippen LogP) is 6.46. The lowest BCUT2D eigenvalue weighted by Crippen LogP contribution is -2.17. The van der Waals surface area contributed by atoms with Gasteiger partial charge in [-0.1, -0.05) is 24.3 Å². The zero-order chi connectivity index (χ0) is 22.0. The first-order chi connectivity index (χ1) is 14.2. The van der Waals surface area contributed by atoms with Crippen LogP contribution in [0, 0.1) is 13.8 Å². The summed E-state index contributed by atoms with van der Waals surface area (Å²) in [6.45, 7) is 10.9. The lowest BCUT2D eigenvalue weighted by atomic mass is 9.96. The number of hydrogen-bond donors (Lipinski definition) is 0. The van der Waals surface area contributed by atoms with Gasteiger partial charge in [0.15, 0.2) is 0 Å². The van der Waals surface area contributed by atoms with Crippen LogP contribution in [0.3, 0.4) is 0 Å². The first kappa shape index (κ1) is 21.4. The molecule has 6 nitrogen and oxygen atoms in total. The summed E-state index contributed by atoms with van der Waals surface area (Å²) in [7, 11) is 0. The van der Waals surface area contributed by atoms with Crippen LogP contribution in [0.5, 0.6) is 11.5 Å². The number of hydrogen-bond acceptors (Lipinski definition) is 6. The second-order valence-corrected chi connectivity index (χ2v) is 7.72. The van der Waals surface area contributed by atoms with Crippen molar-refractivity contribution in [3.63, 3.8) is 0 Å². The molecule has 0 bridgehead atoms. The van der Waals surface area contributed by atoms with Crippen molar-refractivity contribution in [2.45, 2.75) is 53.8 Å². The molecule has 0 aliphatic carbocycles. The maximum Gasteiger partial charge on any atom is 0.514 e. The van der Waals surface area contributed by atoms with Crippen LogP contribution in [-0.2, 0) is 9.47 Å². The van der Waals surface area contributed by atoms with Gasteiger partial charge >= 0.3 is 12.3 Å². The van der Waals surface area contributed by atoms with Crippen molar-refractivity contribution in [3.8, 4) is 11.5 Å². The Hall–Kier alpha value is -3.28. The van der Waals surface area contributed by atoms with E-state index < -0.39 is 12.3 Å². The first-order valence-electron chi connectivity index (χ1n) is 9.90. The third-order valence-electron chi connectivity index (χ3n) is 4.57. The lowest BCUT2D eigenvalue weighted by molar-refractivity contribution is 0.0719. The van der Waals surface area contributed by atoms with E-state index in [2.05, 4.69) is 0 Å². The minimum atomic E-state index is -0.789. The maximum absolute atomic E-state index is 12.3. The largest absolute Gasteiger partial charge is 0.514 e. The van der Waals surface area contributed by atoms with Crippen LogP contribution in [0.1, 0.15) is 38.8 Å². The van der Waals surface area contributed by atoms with E-state index in [-0.39, 0.29) is 12.2 Å². The fourth-order valence-electron chi connectivity index (χ4n) is 3.18. The van der Waals surface area contributed by atoms with Crippen molar-refractivity contribution in [3.05, 3.63) is 47.5 Å². The van der Waals surface area contributed by atoms with Gasteiger partial charge in [-0.15, -0.1) is 0 Å². The number of fused-ring (bicyclic) bond motifs is 2. The van der Waals surface area contributed by atoms with Gasteiger partial charge in [0.25, 0.3) is 0 Å². The summed E-state index contributed by atoms with van der Waals surface area (Å²) < 4.78 is 21.6. The Labute approximate surface area is 175 Å². The van der Waals surface area contributed by atoms with E-state index in [4.69, 9.17) is 18.9 Å². The summed E-state index contributed by atoms with van der Waals surface area (Å²) in [6.07, 6.45) is -2.20. The van der Waals surface area contributed by atoms with E-state index in [0.29, 0.717) is 33.0 Å². The minimum absolute atomic E-state index is 0.313. The zero-order valence-corrected chi connectivity index (χ0v) is 18.1. The number of carbonyl (C=O) groups excluding carboxylic acids is 2. The van der Waals surface area contributed by atoms with E-state index in [9.17, 15) is 9.59 Å². The molecule has 0 saturated heterocycles. The van der Waals surface area contributed by atoms with Gasteiger partial charge < -0.3 is 18.9 Å². The SMILES string of the molecule is Cc1cc2c(OC(=O)OC(C)C)c3ccccc3c(OC(=O)OC(C)C)c2cc1C. The number of benzene rings is 3. The highest BCUT2D eigenvalue weighted by Crippen LogP contribution is 2.44. The van der Waals surface area contributed by atoms with Crippen LogP contribution >= 0.6 is 0 Å². The molecule has 3 aromatic rings. The summed E-state index contributed by atoms with van der Waals surface area (Å²) in [4.78, 5) is 24.6. The Morgan fingerprint density at radius 3 is 1.37 bits per heavy atom. The molecule has 0 aliphatic heterocycles. The molecular weight excluding hydrogens is 384 g/mol. The predicted molar refractivity (Wildman–Crippen MR) is 115 cm³/mol. The van der Waals surface area contributed by atoms with Gasteiger partial charge in [0, 0.05) is 21.5 Å². The lowest BCUT2D eigenvalue weighted by Gasteiger charge is -2.18. The van der Waals surface area contributed by atoms with Crippen molar-refractivity contribution < 1.29 is 28.5 Å². The average molecular weight is 410 g/mol. The molecule has 0 saturated carbocycles. The van der Waals surface area contributed by atoms with Crippen molar-refractivity contribution in [2.24, 2.45) is 0 Å². The monoisotopic (exact) mass is 410 g/mol. The van der Waals surface area contributed by atoms with Crippen molar-refractivity contribution in [2.75, 3.05) is 0 Å². The standard InChI is InChI=1S/C24H26O6/c1-13(2)27-23(25)29-21-17-9-7-8-10-18(17)22(30-24(26)28-14(3)4)20-12-16(6)15(5)11-19(20)21/h7-14H,1-6H3. The molecule has 0 aromatic heterocycles. The number of ether oxygens (including phenoxy) is 4. The van der Waals surface area contributed by atoms with Crippen molar-refractivity contribution >= 4 is 33.9 Å². The first-order valence-corrected chi connectivity index (χ1v) is 9.90. The highest BCUT2D eigenvalue weighted by Gasteiger charge is 2.22. The molecule has 30 heavy (non-hydrogen) atoms. The van der Waals surface area contributed by atoms with Gasteiger partial charge in [0.05, 0.1) is 12.2 Å². The molecule has 0 fully saturated rings. The third kappa shape index (κ3) is 4.48. The maximum atomic E-state index is 12.3. The van der Waals surface area contributed by atoms with E-state index in [0.717, 1.165) is 11.1 Å². The van der Waals surface area contributed by atoms with Gasteiger partial charge in [0.2, 0.25) is 0 Å². The molecule has 0 radical (unpaired) electrons. The third-order valence-corrected chi connectivity index (χ3v) is 4.57. The van der Waals surface area contributed by atoms with Crippen LogP contribution in [0.2, 0.25) is 0 Å². The van der Waals surface area contributed by atoms with E-state index in [1.54, 1.807) is 27.7 Å². The van der Waals surface area contributed by atoms with Crippen molar-refractivity contribution in [1.29, 1.82) is 0 Å². The fraction of sp³-hybridized carbons (Fsp3) is 0.333. The summed E-state index contributed by atoms with van der Waals surface area (Å²) in [5.74, 6) is 0.720. The van der Waals surface area contributed by atoms with E-state index in [1.807, 2.05) is 50.2 Å². The Balaban J connectivity index is 2.28. The highest BCUT2D eigenvalue weighted by molar-refractivity contribution is 6.12. The fourth-order valence-corrected chi connectivity index (χ4v) is 3.18. The molecule has 0 N–H and O–H groups in total. The molecule has 158 valence electrons. The highest BCUT2D eigenvalue weighted by atomic mass is 16.7. The van der Waals surface area contributed by atoms with Gasteiger partial charge in [-0.25, -0.2) is 9.59 Å².